The molecule has 2 heterocycles. The van der Waals surface area contributed by atoms with Crippen LogP contribution >= 0.6 is 0 Å². The molecule has 278 valence electrons. The fourth-order valence-electron chi connectivity index (χ4n) is 7.70. The lowest BCUT2D eigenvalue weighted by molar-refractivity contribution is -0.136. The van der Waals surface area contributed by atoms with E-state index in [0.717, 1.165) is 75.2 Å². The van der Waals surface area contributed by atoms with Crippen LogP contribution in [0.1, 0.15) is 98.9 Å². The summed E-state index contributed by atoms with van der Waals surface area (Å²) in [4.78, 5) is 42.8. The van der Waals surface area contributed by atoms with Gasteiger partial charge in [-0.2, -0.15) is 0 Å². The number of likely N-dealkylation sites (tertiary alicyclic amines) is 1. The van der Waals surface area contributed by atoms with Crippen molar-refractivity contribution >= 4 is 18.0 Å². The van der Waals surface area contributed by atoms with E-state index in [9.17, 15) is 23.2 Å². The highest BCUT2D eigenvalue weighted by Crippen LogP contribution is 2.43. The third-order valence-electron chi connectivity index (χ3n) is 10.8. The van der Waals surface area contributed by atoms with Crippen molar-refractivity contribution in [3.63, 3.8) is 0 Å². The molecule has 2 aliphatic rings. The zero-order chi connectivity index (χ0) is 37.6. The monoisotopic (exact) mass is 714 g/mol. The van der Waals surface area contributed by atoms with Crippen LogP contribution in [0.4, 0.5) is 18.4 Å². The first-order valence-corrected chi connectivity index (χ1v) is 18.6. The van der Waals surface area contributed by atoms with Gasteiger partial charge in [-0.25, -0.2) is 28.1 Å². The Balaban J connectivity index is 1.30. The van der Waals surface area contributed by atoms with Crippen LogP contribution in [0.15, 0.2) is 65.9 Å². The van der Waals surface area contributed by atoms with Crippen LogP contribution in [0, 0.1) is 11.6 Å². The highest BCUT2D eigenvalue weighted by atomic mass is 19.2. The topological polar surface area (TPSA) is 91.0 Å². The summed E-state index contributed by atoms with van der Waals surface area (Å²) in [6.07, 6.45) is 6.53. The number of allylic oxidation sites excluding steroid dienone is 1. The van der Waals surface area contributed by atoms with Gasteiger partial charge in [-0.1, -0.05) is 70.2 Å². The number of nitrogens with zero attached hydrogens (tertiary/aromatic N) is 2. The molecule has 0 radical (unpaired) electrons. The number of carbonyl (C=O) groups excluding carboxylic acids is 3. The Labute approximate surface area is 306 Å². The van der Waals surface area contributed by atoms with Gasteiger partial charge in [-0.05, 0) is 123 Å². The number of urea groups is 2. The summed E-state index contributed by atoms with van der Waals surface area (Å²) in [5.41, 5.74) is 8.35. The lowest BCUT2D eigenvalue weighted by Crippen LogP contribution is -2.54. The molecule has 3 aromatic carbocycles. The van der Waals surface area contributed by atoms with Gasteiger partial charge in [0.1, 0.15) is 6.04 Å². The van der Waals surface area contributed by atoms with Crippen molar-refractivity contribution in [3.8, 4) is 0 Å². The van der Waals surface area contributed by atoms with Gasteiger partial charge in [0.2, 0.25) is 0 Å². The number of imide groups is 1. The standard InChI is InChI=1S/C42H52F2N4O4/c1-7-28-20-29(8-2)23-33(22-28)42(34-24-30(9-3)21-31(10-4)25-34)14-18-47(19-15-42)17-11-16-45-40(50)48-38(32-12-13-35(43)36(44)26-32)37(39(49)52-6)27(5)46-41(48)51/h12-13,20-26,38H,7-11,14-19H2,1-6H3,(H,45,50)(H,46,51). The molecule has 8 nitrogen and oxygen atoms in total. The Kier molecular flexibility index (Phi) is 12.5. The van der Waals surface area contributed by atoms with E-state index in [1.165, 1.54) is 53.5 Å². The van der Waals surface area contributed by atoms with Gasteiger partial charge < -0.3 is 20.3 Å². The third kappa shape index (κ3) is 8.07. The third-order valence-corrected chi connectivity index (χ3v) is 10.8. The minimum absolute atomic E-state index is 0.0499. The highest BCUT2D eigenvalue weighted by Gasteiger charge is 2.42. The molecule has 1 unspecified atom stereocenters. The summed E-state index contributed by atoms with van der Waals surface area (Å²) < 4.78 is 33.1. The Morgan fingerprint density at radius 3 is 1.87 bits per heavy atom. The molecule has 1 fully saturated rings. The van der Waals surface area contributed by atoms with Crippen LogP contribution in [0.2, 0.25) is 0 Å². The number of esters is 1. The first kappa shape index (κ1) is 38.7. The predicted molar refractivity (Wildman–Crippen MR) is 199 cm³/mol. The van der Waals surface area contributed by atoms with E-state index in [-0.39, 0.29) is 28.8 Å². The van der Waals surface area contributed by atoms with Crippen LogP contribution in [0.5, 0.6) is 0 Å². The Morgan fingerprint density at radius 1 is 0.846 bits per heavy atom. The maximum absolute atomic E-state index is 14.3. The number of rotatable bonds is 12. The summed E-state index contributed by atoms with van der Waals surface area (Å²) in [5.74, 6) is -3.05. The van der Waals surface area contributed by atoms with Crippen molar-refractivity contribution in [2.45, 2.75) is 91.0 Å². The number of hydrogen-bond acceptors (Lipinski definition) is 5. The van der Waals surface area contributed by atoms with Crippen molar-refractivity contribution in [2.75, 3.05) is 33.3 Å². The number of nitrogens with one attached hydrogen (secondary N) is 2. The van der Waals surface area contributed by atoms with E-state index in [1.807, 2.05) is 0 Å². The largest absolute Gasteiger partial charge is 0.466 e. The van der Waals surface area contributed by atoms with E-state index in [4.69, 9.17) is 4.74 Å². The molecule has 5 rings (SSSR count). The number of hydrogen-bond donors (Lipinski definition) is 2. The quantitative estimate of drug-likeness (QED) is 0.147. The predicted octanol–water partition coefficient (Wildman–Crippen LogP) is 7.91. The second-order valence-corrected chi connectivity index (χ2v) is 13.9. The lowest BCUT2D eigenvalue weighted by atomic mass is 9.66. The molecule has 1 atom stereocenters. The average molecular weight is 715 g/mol. The van der Waals surface area contributed by atoms with Gasteiger partial charge >= 0.3 is 18.0 Å². The lowest BCUT2D eigenvalue weighted by Gasteiger charge is -2.43. The number of amides is 4. The van der Waals surface area contributed by atoms with Crippen molar-refractivity contribution < 1.29 is 27.9 Å². The second-order valence-electron chi connectivity index (χ2n) is 13.9. The van der Waals surface area contributed by atoms with Crippen LogP contribution in [0.25, 0.3) is 0 Å². The SMILES string of the molecule is CCc1cc(CC)cc(C2(c3cc(CC)cc(CC)c3)CCN(CCCNC(=O)N3C(=O)NC(C)=C(C(=O)OC)C3c3ccc(F)c(F)c3)CC2)c1. The first-order chi connectivity index (χ1) is 25.0. The molecule has 3 aromatic rings. The average Bonchev–Trinajstić information content (AvgIpc) is 3.16. The van der Waals surface area contributed by atoms with E-state index < -0.39 is 35.7 Å². The number of ether oxygens (including phenoxy) is 1. The Hall–Kier alpha value is -4.57. The van der Waals surface area contributed by atoms with Gasteiger partial charge in [-0.3, -0.25) is 0 Å². The fourth-order valence-corrected chi connectivity index (χ4v) is 7.70. The van der Waals surface area contributed by atoms with Crippen molar-refractivity contribution in [1.29, 1.82) is 0 Å². The number of methoxy groups -OCH3 is 1. The molecule has 0 spiro atoms. The Bertz CT molecular complexity index is 1730. The maximum atomic E-state index is 14.3. The molecule has 0 bridgehead atoms. The molecule has 10 heteroatoms. The number of halogens is 2. The van der Waals surface area contributed by atoms with Gasteiger partial charge in [0, 0.05) is 17.7 Å². The summed E-state index contributed by atoms with van der Waals surface area (Å²) in [6.45, 7) is 13.2. The van der Waals surface area contributed by atoms with Gasteiger partial charge in [0.15, 0.2) is 11.6 Å². The fraction of sp³-hybridized carbons (Fsp3) is 0.452. The minimum atomic E-state index is -1.31. The molecule has 2 aliphatic heterocycles. The van der Waals surface area contributed by atoms with Crippen molar-refractivity contribution in [3.05, 3.63) is 116 Å². The maximum Gasteiger partial charge on any atom is 0.337 e. The number of aryl methyl sites for hydroxylation is 4. The Morgan fingerprint density at radius 2 is 1.38 bits per heavy atom. The van der Waals surface area contributed by atoms with Crippen molar-refractivity contribution in [1.82, 2.24) is 20.4 Å². The van der Waals surface area contributed by atoms with Crippen LogP contribution in [-0.2, 0) is 40.6 Å². The molecule has 2 N–H and O–H groups in total. The molecule has 52 heavy (non-hydrogen) atoms. The smallest absolute Gasteiger partial charge is 0.337 e. The van der Waals surface area contributed by atoms with Gasteiger partial charge in [0.25, 0.3) is 0 Å². The second kappa shape index (κ2) is 16.8. The molecule has 0 aliphatic carbocycles. The van der Waals surface area contributed by atoms with Gasteiger partial charge in [0.05, 0.1) is 12.7 Å². The van der Waals surface area contributed by atoms with Crippen LogP contribution in [0.3, 0.4) is 0 Å². The summed E-state index contributed by atoms with van der Waals surface area (Å²) in [7, 11) is 1.17. The normalized spacial score (nSPS) is 17.6. The number of piperidine rings is 1. The molecular weight excluding hydrogens is 662 g/mol. The van der Waals surface area contributed by atoms with E-state index >= 15 is 0 Å². The highest BCUT2D eigenvalue weighted by molar-refractivity contribution is 6.01. The van der Waals surface area contributed by atoms with E-state index in [0.29, 0.717) is 6.42 Å². The van der Waals surface area contributed by atoms with E-state index in [1.54, 1.807) is 0 Å². The van der Waals surface area contributed by atoms with Crippen LogP contribution in [-0.4, -0.2) is 61.1 Å². The van der Waals surface area contributed by atoms with E-state index in [2.05, 4.69) is 79.6 Å². The first-order valence-electron chi connectivity index (χ1n) is 18.6. The molecule has 0 saturated carbocycles. The minimum Gasteiger partial charge on any atom is -0.466 e. The van der Waals surface area contributed by atoms with Gasteiger partial charge in [-0.15, -0.1) is 0 Å². The zero-order valence-corrected chi connectivity index (χ0v) is 31.3. The molecule has 0 aromatic heterocycles. The molecular formula is C42H52F2N4O4. The number of benzene rings is 3. The summed E-state index contributed by atoms with van der Waals surface area (Å²) in [5, 5.41) is 5.35. The molecule has 1 saturated heterocycles. The number of carbonyl (C=O) groups is 3. The van der Waals surface area contributed by atoms with Crippen molar-refractivity contribution in [2.24, 2.45) is 0 Å². The van der Waals surface area contributed by atoms with Crippen LogP contribution < -0.4 is 10.6 Å². The summed E-state index contributed by atoms with van der Waals surface area (Å²) in [6, 6.07) is 14.5. The zero-order valence-electron chi connectivity index (χ0n) is 31.3. The molecule has 4 amide bonds. The summed E-state index contributed by atoms with van der Waals surface area (Å²) >= 11 is 0.